The fraction of sp³-hybridized carbons (Fsp3) is 0.571. The Morgan fingerprint density at radius 3 is 2.67 bits per heavy atom. The molecule has 0 radical (unpaired) electrons. The lowest BCUT2D eigenvalue weighted by Gasteiger charge is -2.34. The van der Waals surface area contributed by atoms with Crippen LogP contribution in [0.15, 0.2) is 21.5 Å². The number of anilines is 1. The molecule has 1 saturated carbocycles. The SMILES string of the molecule is CC1CCCC(NS(=O)(=O)c2cc(N)cc(Br)c2F)C1C. The number of benzene rings is 1. The summed E-state index contributed by atoms with van der Waals surface area (Å²) in [6.45, 7) is 4.14. The Hall–Kier alpha value is -0.660. The van der Waals surface area contributed by atoms with Crippen LogP contribution in [0.4, 0.5) is 10.1 Å². The summed E-state index contributed by atoms with van der Waals surface area (Å²) in [5.41, 5.74) is 5.82. The maximum Gasteiger partial charge on any atom is 0.243 e. The van der Waals surface area contributed by atoms with Crippen molar-refractivity contribution in [2.24, 2.45) is 11.8 Å². The van der Waals surface area contributed by atoms with Crippen molar-refractivity contribution in [1.29, 1.82) is 0 Å². The molecule has 4 nitrogen and oxygen atoms in total. The lowest BCUT2D eigenvalue weighted by molar-refractivity contribution is 0.227. The predicted octanol–water partition coefficient (Wildman–Crippen LogP) is 3.27. The Bertz CT molecular complexity index is 636. The van der Waals surface area contributed by atoms with E-state index in [1.165, 1.54) is 6.07 Å². The summed E-state index contributed by atoms with van der Waals surface area (Å²) in [6, 6.07) is 2.33. The summed E-state index contributed by atoms with van der Waals surface area (Å²) in [6.07, 6.45) is 2.84. The highest BCUT2D eigenvalue weighted by molar-refractivity contribution is 9.10. The molecule has 1 aromatic rings. The van der Waals surface area contributed by atoms with Crippen LogP contribution in [0.5, 0.6) is 0 Å². The Balaban J connectivity index is 2.31. The lowest BCUT2D eigenvalue weighted by atomic mass is 9.78. The normalized spacial score (nSPS) is 26.8. The molecular weight excluding hydrogens is 359 g/mol. The van der Waals surface area contributed by atoms with Gasteiger partial charge in [-0.1, -0.05) is 26.7 Å². The van der Waals surface area contributed by atoms with Crippen molar-refractivity contribution in [3.63, 3.8) is 0 Å². The van der Waals surface area contributed by atoms with E-state index in [1.54, 1.807) is 0 Å². The van der Waals surface area contributed by atoms with Gasteiger partial charge in [-0.25, -0.2) is 17.5 Å². The molecule has 3 N–H and O–H groups in total. The zero-order valence-electron chi connectivity index (χ0n) is 12.1. The number of halogens is 2. The minimum absolute atomic E-state index is 0.0490. The first-order valence-electron chi connectivity index (χ1n) is 6.99. The molecule has 21 heavy (non-hydrogen) atoms. The first-order valence-corrected chi connectivity index (χ1v) is 9.27. The third-order valence-corrected chi connectivity index (χ3v) is 6.39. The van der Waals surface area contributed by atoms with E-state index in [9.17, 15) is 12.8 Å². The van der Waals surface area contributed by atoms with Gasteiger partial charge in [0.2, 0.25) is 10.0 Å². The minimum Gasteiger partial charge on any atom is -0.399 e. The summed E-state index contributed by atoms with van der Waals surface area (Å²) in [5.74, 6) is -0.141. The van der Waals surface area contributed by atoms with E-state index in [0.29, 0.717) is 5.92 Å². The summed E-state index contributed by atoms with van der Waals surface area (Å²) in [7, 11) is -3.93. The Labute approximate surface area is 133 Å². The topological polar surface area (TPSA) is 72.2 Å². The molecule has 118 valence electrons. The molecule has 7 heteroatoms. The molecule has 0 amide bonds. The number of rotatable bonds is 3. The number of hydrogen-bond donors (Lipinski definition) is 2. The maximum atomic E-state index is 14.1. The number of nitrogens with one attached hydrogen (secondary N) is 1. The highest BCUT2D eigenvalue weighted by atomic mass is 79.9. The quantitative estimate of drug-likeness (QED) is 0.792. The molecule has 0 saturated heterocycles. The van der Waals surface area contributed by atoms with Crippen LogP contribution < -0.4 is 10.5 Å². The van der Waals surface area contributed by atoms with E-state index in [1.807, 2.05) is 6.92 Å². The van der Waals surface area contributed by atoms with Gasteiger partial charge in [-0.15, -0.1) is 0 Å². The molecule has 0 spiro atoms. The smallest absolute Gasteiger partial charge is 0.243 e. The summed E-state index contributed by atoms with van der Waals surface area (Å²) < 4.78 is 41.7. The molecule has 0 aliphatic heterocycles. The van der Waals surface area contributed by atoms with Crippen molar-refractivity contribution in [2.75, 3.05) is 5.73 Å². The Morgan fingerprint density at radius 1 is 1.33 bits per heavy atom. The fourth-order valence-corrected chi connectivity index (χ4v) is 4.89. The van der Waals surface area contributed by atoms with Gasteiger partial charge in [0.25, 0.3) is 0 Å². The van der Waals surface area contributed by atoms with E-state index in [0.717, 1.165) is 25.3 Å². The van der Waals surface area contributed by atoms with Crippen LogP contribution in [0, 0.1) is 17.7 Å². The number of sulfonamides is 1. The third kappa shape index (κ3) is 3.57. The van der Waals surface area contributed by atoms with E-state index in [4.69, 9.17) is 5.73 Å². The molecule has 2 rings (SSSR count). The summed E-state index contributed by atoms with van der Waals surface area (Å²) in [5, 5.41) is 0. The standard InChI is InChI=1S/C14H20BrFN2O2S/c1-8-4-3-5-12(9(8)2)18-21(19,20)13-7-10(17)6-11(15)14(13)16/h6-9,12,18H,3-5,17H2,1-2H3. The fourth-order valence-electron chi connectivity index (χ4n) is 2.79. The first kappa shape index (κ1) is 16.7. The van der Waals surface area contributed by atoms with Gasteiger partial charge in [0.15, 0.2) is 5.82 Å². The second-order valence-corrected chi connectivity index (χ2v) is 8.35. The number of nitrogen functional groups attached to an aromatic ring is 1. The first-order chi connectivity index (χ1) is 9.72. The zero-order valence-corrected chi connectivity index (χ0v) is 14.5. The Kier molecular flexibility index (Phi) is 4.95. The van der Waals surface area contributed by atoms with Gasteiger partial charge >= 0.3 is 0 Å². The molecule has 1 aliphatic rings. The van der Waals surface area contributed by atoms with Gasteiger partial charge in [0.1, 0.15) is 4.90 Å². The number of nitrogens with two attached hydrogens (primary N) is 1. The van der Waals surface area contributed by atoms with Crippen molar-refractivity contribution < 1.29 is 12.8 Å². The van der Waals surface area contributed by atoms with Crippen LogP contribution in [0.3, 0.4) is 0 Å². The van der Waals surface area contributed by atoms with Crippen LogP contribution in [0.1, 0.15) is 33.1 Å². The van der Waals surface area contributed by atoms with Gasteiger partial charge in [-0.05, 0) is 46.3 Å². The van der Waals surface area contributed by atoms with E-state index in [2.05, 4.69) is 27.6 Å². The van der Waals surface area contributed by atoms with Gasteiger partial charge in [-0.2, -0.15) is 0 Å². The van der Waals surface area contributed by atoms with E-state index < -0.39 is 20.7 Å². The second-order valence-electron chi connectivity index (χ2n) is 5.81. The van der Waals surface area contributed by atoms with Crippen molar-refractivity contribution in [3.05, 3.63) is 22.4 Å². The molecule has 1 fully saturated rings. The lowest BCUT2D eigenvalue weighted by Crippen LogP contribution is -2.43. The van der Waals surface area contributed by atoms with Gasteiger partial charge in [0, 0.05) is 11.7 Å². The highest BCUT2D eigenvalue weighted by Crippen LogP contribution is 2.32. The van der Waals surface area contributed by atoms with Crippen LogP contribution in [-0.2, 0) is 10.0 Å². The van der Waals surface area contributed by atoms with Crippen LogP contribution in [0.2, 0.25) is 0 Å². The van der Waals surface area contributed by atoms with Crippen molar-refractivity contribution in [1.82, 2.24) is 4.72 Å². The van der Waals surface area contributed by atoms with Crippen LogP contribution >= 0.6 is 15.9 Å². The van der Waals surface area contributed by atoms with Crippen LogP contribution in [0.25, 0.3) is 0 Å². The molecular formula is C14H20BrFN2O2S. The minimum atomic E-state index is -3.93. The van der Waals surface area contributed by atoms with Crippen molar-refractivity contribution in [2.45, 2.75) is 44.0 Å². The molecule has 0 bridgehead atoms. The van der Waals surface area contributed by atoms with Gasteiger partial charge in [0.05, 0.1) is 4.47 Å². The van der Waals surface area contributed by atoms with Crippen molar-refractivity contribution in [3.8, 4) is 0 Å². The number of hydrogen-bond acceptors (Lipinski definition) is 3. The van der Waals surface area contributed by atoms with E-state index in [-0.39, 0.29) is 22.1 Å². The average Bonchev–Trinajstić information content (AvgIpc) is 2.39. The molecule has 0 aromatic heterocycles. The monoisotopic (exact) mass is 378 g/mol. The predicted molar refractivity (Wildman–Crippen MR) is 84.8 cm³/mol. The van der Waals surface area contributed by atoms with Crippen LogP contribution in [-0.4, -0.2) is 14.5 Å². The Morgan fingerprint density at radius 2 is 2.00 bits per heavy atom. The summed E-state index contributed by atoms with van der Waals surface area (Å²) >= 11 is 2.99. The third-order valence-electron chi connectivity index (χ3n) is 4.32. The molecule has 3 atom stereocenters. The van der Waals surface area contributed by atoms with Gasteiger partial charge in [-0.3, -0.25) is 0 Å². The highest BCUT2D eigenvalue weighted by Gasteiger charge is 2.32. The second kappa shape index (κ2) is 6.22. The molecule has 1 aromatic carbocycles. The molecule has 0 heterocycles. The van der Waals surface area contributed by atoms with Crippen molar-refractivity contribution >= 4 is 31.6 Å². The largest absolute Gasteiger partial charge is 0.399 e. The molecule has 1 aliphatic carbocycles. The van der Waals surface area contributed by atoms with Gasteiger partial charge < -0.3 is 5.73 Å². The zero-order chi connectivity index (χ0) is 15.8. The summed E-state index contributed by atoms with van der Waals surface area (Å²) in [4.78, 5) is -0.403. The maximum absolute atomic E-state index is 14.1. The van der Waals surface area contributed by atoms with E-state index >= 15 is 0 Å². The average molecular weight is 379 g/mol. The molecule has 3 unspecified atom stereocenters.